The van der Waals surface area contributed by atoms with Gasteiger partial charge in [-0.25, -0.2) is 0 Å². The van der Waals surface area contributed by atoms with Gasteiger partial charge in [-0.1, -0.05) is 6.07 Å². The van der Waals surface area contributed by atoms with Crippen LogP contribution < -0.4 is 24.4 Å². The predicted octanol–water partition coefficient (Wildman–Crippen LogP) is 3.16. The Morgan fingerprint density at radius 3 is 2.57 bits per heavy atom. The zero-order valence-corrected chi connectivity index (χ0v) is 16.3. The van der Waals surface area contributed by atoms with Crippen LogP contribution in [-0.4, -0.2) is 39.2 Å². The number of hydrogen-bond donors (Lipinski definition) is 1. The number of benzene rings is 2. The lowest BCUT2D eigenvalue weighted by molar-refractivity contribution is -0.118. The van der Waals surface area contributed by atoms with Gasteiger partial charge in [0.15, 0.2) is 18.1 Å². The molecule has 7 nitrogen and oxygen atoms in total. The zero-order valence-electron chi connectivity index (χ0n) is 16.3. The SMILES string of the molecule is COc1cc(C)c(NC(=O)COc2cccc(N3CCCC3=O)c2)cc1OC. The molecular weight excluding hydrogens is 360 g/mol. The van der Waals surface area contributed by atoms with E-state index >= 15 is 0 Å². The zero-order chi connectivity index (χ0) is 20.1. The van der Waals surface area contributed by atoms with Gasteiger partial charge in [0, 0.05) is 36.5 Å². The molecule has 28 heavy (non-hydrogen) atoms. The third-order valence-electron chi connectivity index (χ3n) is 4.58. The van der Waals surface area contributed by atoms with Crippen molar-refractivity contribution in [1.82, 2.24) is 0 Å². The third kappa shape index (κ3) is 4.36. The molecule has 1 saturated heterocycles. The van der Waals surface area contributed by atoms with Crippen LogP contribution in [0.2, 0.25) is 0 Å². The topological polar surface area (TPSA) is 77.1 Å². The number of amides is 2. The Hall–Kier alpha value is -3.22. The summed E-state index contributed by atoms with van der Waals surface area (Å²) in [4.78, 5) is 25.9. The molecule has 0 bridgehead atoms. The van der Waals surface area contributed by atoms with Crippen molar-refractivity contribution in [3.8, 4) is 17.2 Å². The van der Waals surface area contributed by atoms with Crippen LogP contribution in [0.15, 0.2) is 36.4 Å². The minimum Gasteiger partial charge on any atom is -0.493 e. The van der Waals surface area contributed by atoms with Crippen LogP contribution in [0.5, 0.6) is 17.2 Å². The summed E-state index contributed by atoms with van der Waals surface area (Å²) in [6.45, 7) is 2.43. The number of anilines is 2. The summed E-state index contributed by atoms with van der Waals surface area (Å²) in [5, 5.41) is 2.82. The number of hydrogen-bond acceptors (Lipinski definition) is 5. The summed E-state index contributed by atoms with van der Waals surface area (Å²) in [5.74, 6) is 1.49. The van der Waals surface area contributed by atoms with E-state index < -0.39 is 0 Å². The van der Waals surface area contributed by atoms with Crippen molar-refractivity contribution >= 4 is 23.2 Å². The van der Waals surface area contributed by atoms with Crippen LogP contribution in [0.25, 0.3) is 0 Å². The van der Waals surface area contributed by atoms with E-state index in [2.05, 4.69) is 5.32 Å². The number of carbonyl (C=O) groups excluding carboxylic acids is 2. The van der Waals surface area contributed by atoms with E-state index in [-0.39, 0.29) is 18.4 Å². The van der Waals surface area contributed by atoms with Crippen molar-refractivity contribution in [2.45, 2.75) is 19.8 Å². The molecule has 0 aliphatic carbocycles. The molecule has 1 N–H and O–H groups in total. The van der Waals surface area contributed by atoms with Crippen LogP contribution in [0, 0.1) is 6.92 Å². The quantitative estimate of drug-likeness (QED) is 0.794. The van der Waals surface area contributed by atoms with E-state index in [1.807, 2.05) is 19.1 Å². The van der Waals surface area contributed by atoms with Crippen molar-refractivity contribution in [3.05, 3.63) is 42.0 Å². The summed E-state index contributed by atoms with van der Waals surface area (Å²) < 4.78 is 16.1. The number of aryl methyl sites for hydroxylation is 1. The maximum absolute atomic E-state index is 12.3. The molecule has 1 fully saturated rings. The molecule has 0 unspecified atom stereocenters. The number of ether oxygens (including phenoxy) is 3. The molecule has 148 valence electrons. The van der Waals surface area contributed by atoms with Gasteiger partial charge < -0.3 is 24.4 Å². The smallest absolute Gasteiger partial charge is 0.262 e. The van der Waals surface area contributed by atoms with Crippen molar-refractivity contribution in [2.24, 2.45) is 0 Å². The molecule has 0 radical (unpaired) electrons. The van der Waals surface area contributed by atoms with E-state index in [0.717, 1.165) is 17.7 Å². The lowest BCUT2D eigenvalue weighted by Gasteiger charge is -2.17. The highest BCUT2D eigenvalue weighted by atomic mass is 16.5. The molecule has 2 amide bonds. The second-order valence-electron chi connectivity index (χ2n) is 6.51. The van der Waals surface area contributed by atoms with Gasteiger partial charge in [-0.15, -0.1) is 0 Å². The Bertz CT molecular complexity index is 881. The van der Waals surface area contributed by atoms with Gasteiger partial charge in [-0.3, -0.25) is 9.59 Å². The van der Waals surface area contributed by atoms with E-state index in [0.29, 0.717) is 35.9 Å². The summed E-state index contributed by atoms with van der Waals surface area (Å²) >= 11 is 0. The number of methoxy groups -OCH3 is 2. The summed E-state index contributed by atoms with van der Waals surface area (Å²) in [6, 6.07) is 10.7. The maximum atomic E-state index is 12.3. The average molecular weight is 384 g/mol. The van der Waals surface area contributed by atoms with E-state index in [1.54, 1.807) is 43.4 Å². The Balaban J connectivity index is 1.63. The lowest BCUT2D eigenvalue weighted by Crippen LogP contribution is -2.24. The number of nitrogens with one attached hydrogen (secondary N) is 1. The van der Waals surface area contributed by atoms with Gasteiger partial charge in [0.05, 0.1) is 14.2 Å². The van der Waals surface area contributed by atoms with Crippen molar-refractivity contribution in [1.29, 1.82) is 0 Å². The van der Waals surface area contributed by atoms with Gasteiger partial charge in [-0.05, 0) is 37.1 Å². The molecule has 1 aliphatic heterocycles. The normalized spacial score (nSPS) is 13.4. The van der Waals surface area contributed by atoms with Gasteiger partial charge in [0.1, 0.15) is 5.75 Å². The number of carbonyl (C=O) groups is 2. The highest BCUT2D eigenvalue weighted by Crippen LogP contribution is 2.33. The first-order valence-corrected chi connectivity index (χ1v) is 9.07. The molecule has 0 spiro atoms. The standard InChI is InChI=1S/C21H24N2O5/c1-14-10-18(26-2)19(27-3)12-17(14)22-20(24)13-28-16-7-4-6-15(11-16)23-9-5-8-21(23)25/h4,6-7,10-12H,5,8-9,13H2,1-3H3,(H,22,24). The number of rotatable bonds is 7. The van der Waals surface area contributed by atoms with Gasteiger partial charge >= 0.3 is 0 Å². The van der Waals surface area contributed by atoms with Crippen molar-refractivity contribution in [2.75, 3.05) is 37.6 Å². The third-order valence-corrected chi connectivity index (χ3v) is 4.58. The highest BCUT2D eigenvalue weighted by molar-refractivity contribution is 5.95. The van der Waals surface area contributed by atoms with Crippen LogP contribution in [-0.2, 0) is 9.59 Å². The summed E-state index contributed by atoms with van der Waals surface area (Å²) in [7, 11) is 3.10. The number of nitrogens with zero attached hydrogens (tertiary/aromatic N) is 1. The van der Waals surface area contributed by atoms with E-state index in [9.17, 15) is 9.59 Å². The lowest BCUT2D eigenvalue weighted by atomic mass is 10.1. The molecular formula is C21H24N2O5. The van der Waals surface area contributed by atoms with Crippen molar-refractivity contribution < 1.29 is 23.8 Å². The highest BCUT2D eigenvalue weighted by Gasteiger charge is 2.22. The predicted molar refractivity (Wildman–Crippen MR) is 106 cm³/mol. The second-order valence-corrected chi connectivity index (χ2v) is 6.51. The Kier molecular flexibility index (Phi) is 6.03. The molecule has 0 aromatic heterocycles. The van der Waals surface area contributed by atoms with E-state index in [1.165, 1.54) is 0 Å². The minimum absolute atomic E-state index is 0.110. The Morgan fingerprint density at radius 2 is 1.89 bits per heavy atom. The van der Waals surface area contributed by atoms with Crippen LogP contribution in [0.3, 0.4) is 0 Å². The van der Waals surface area contributed by atoms with Crippen LogP contribution in [0.4, 0.5) is 11.4 Å². The molecule has 2 aromatic rings. The monoisotopic (exact) mass is 384 g/mol. The molecule has 3 rings (SSSR count). The first kappa shape index (κ1) is 19.5. The molecule has 1 aliphatic rings. The molecule has 0 saturated carbocycles. The molecule has 2 aromatic carbocycles. The van der Waals surface area contributed by atoms with E-state index in [4.69, 9.17) is 14.2 Å². The first-order valence-electron chi connectivity index (χ1n) is 9.07. The average Bonchev–Trinajstić information content (AvgIpc) is 3.13. The Morgan fingerprint density at radius 1 is 1.14 bits per heavy atom. The largest absolute Gasteiger partial charge is 0.493 e. The maximum Gasteiger partial charge on any atom is 0.262 e. The summed E-state index contributed by atoms with van der Waals surface area (Å²) in [6.07, 6.45) is 1.43. The first-order chi connectivity index (χ1) is 13.5. The molecule has 1 heterocycles. The summed E-state index contributed by atoms with van der Waals surface area (Å²) in [5.41, 5.74) is 2.26. The van der Waals surface area contributed by atoms with Gasteiger partial charge in [0.25, 0.3) is 5.91 Å². The van der Waals surface area contributed by atoms with Crippen molar-refractivity contribution in [3.63, 3.8) is 0 Å². The van der Waals surface area contributed by atoms with Crippen LogP contribution in [0.1, 0.15) is 18.4 Å². The fourth-order valence-corrected chi connectivity index (χ4v) is 3.11. The molecule has 7 heteroatoms. The van der Waals surface area contributed by atoms with Gasteiger partial charge in [-0.2, -0.15) is 0 Å². The second kappa shape index (κ2) is 8.65. The van der Waals surface area contributed by atoms with Crippen LogP contribution >= 0.6 is 0 Å². The fraction of sp³-hybridized carbons (Fsp3) is 0.333. The Labute approximate surface area is 164 Å². The van der Waals surface area contributed by atoms with Gasteiger partial charge in [0.2, 0.25) is 5.91 Å². The fourth-order valence-electron chi connectivity index (χ4n) is 3.11. The minimum atomic E-state index is -0.294. The molecule has 0 atom stereocenters.